The molecule has 64 valence electrons. The van der Waals surface area contributed by atoms with E-state index in [1.54, 1.807) is 0 Å². The van der Waals surface area contributed by atoms with Crippen molar-refractivity contribution in [3.05, 3.63) is 0 Å². The molecule has 0 saturated carbocycles. The molecule has 1 fully saturated rings. The van der Waals surface area contributed by atoms with Crippen LogP contribution in [0.4, 0.5) is 0 Å². The van der Waals surface area contributed by atoms with Gasteiger partial charge >= 0.3 is 0 Å². The van der Waals surface area contributed by atoms with E-state index in [2.05, 4.69) is 10.9 Å². The van der Waals surface area contributed by atoms with E-state index in [1.165, 1.54) is 6.92 Å². The Labute approximate surface area is 66.3 Å². The molecule has 0 spiro atoms. The molecule has 1 aliphatic rings. The third-order valence-corrected chi connectivity index (χ3v) is 1.67. The predicted molar refractivity (Wildman–Crippen MR) is 40.8 cm³/mol. The summed E-state index contributed by atoms with van der Waals surface area (Å²) in [6.07, 6.45) is 1.94. The molecular formula is C7H14N2O2. The first-order valence-corrected chi connectivity index (χ1v) is 3.89. The van der Waals surface area contributed by atoms with Crippen LogP contribution in [0.1, 0.15) is 19.8 Å². The van der Waals surface area contributed by atoms with Gasteiger partial charge in [0, 0.05) is 26.2 Å². The maximum absolute atomic E-state index is 10.5. The van der Waals surface area contributed by atoms with Crippen molar-refractivity contribution >= 4 is 5.91 Å². The van der Waals surface area contributed by atoms with Crippen molar-refractivity contribution in [2.75, 3.05) is 13.2 Å². The van der Waals surface area contributed by atoms with Crippen LogP contribution in [-0.4, -0.2) is 25.2 Å². The van der Waals surface area contributed by atoms with E-state index in [1.807, 2.05) is 0 Å². The molecule has 1 rings (SSSR count). The van der Waals surface area contributed by atoms with Crippen LogP contribution in [0.25, 0.3) is 0 Å². The van der Waals surface area contributed by atoms with Gasteiger partial charge in [0.2, 0.25) is 5.91 Å². The second-order valence-electron chi connectivity index (χ2n) is 2.71. The van der Waals surface area contributed by atoms with Gasteiger partial charge in [-0.05, 0) is 12.8 Å². The molecule has 0 radical (unpaired) electrons. The Morgan fingerprint density at radius 3 is 2.64 bits per heavy atom. The van der Waals surface area contributed by atoms with Gasteiger partial charge in [0.15, 0.2) is 0 Å². The van der Waals surface area contributed by atoms with Crippen LogP contribution < -0.4 is 10.9 Å². The number of rotatable bonds is 2. The first kappa shape index (κ1) is 8.49. The Morgan fingerprint density at radius 2 is 2.09 bits per heavy atom. The van der Waals surface area contributed by atoms with E-state index in [4.69, 9.17) is 4.74 Å². The molecule has 0 unspecified atom stereocenters. The Hall–Kier alpha value is -0.610. The summed E-state index contributed by atoms with van der Waals surface area (Å²) in [5, 5.41) is 0. The number of ether oxygens (including phenoxy) is 1. The predicted octanol–water partition coefficient (Wildman–Crippen LogP) is -0.194. The van der Waals surface area contributed by atoms with Crippen molar-refractivity contribution in [2.45, 2.75) is 25.8 Å². The zero-order valence-corrected chi connectivity index (χ0v) is 6.72. The summed E-state index contributed by atoms with van der Waals surface area (Å²) in [7, 11) is 0. The molecular weight excluding hydrogens is 144 g/mol. The third kappa shape index (κ3) is 3.34. The van der Waals surface area contributed by atoms with Gasteiger partial charge in [0.1, 0.15) is 0 Å². The van der Waals surface area contributed by atoms with Crippen LogP contribution in [0.2, 0.25) is 0 Å². The summed E-state index contributed by atoms with van der Waals surface area (Å²) >= 11 is 0. The number of hydrazine groups is 1. The van der Waals surface area contributed by atoms with Gasteiger partial charge in [-0.1, -0.05) is 0 Å². The number of carbonyl (C=O) groups is 1. The molecule has 1 heterocycles. The number of carbonyl (C=O) groups excluding carboxylic acids is 1. The van der Waals surface area contributed by atoms with Crippen LogP contribution in [0.15, 0.2) is 0 Å². The average molecular weight is 158 g/mol. The summed E-state index contributed by atoms with van der Waals surface area (Å²) in [5.41, 5.74) is 5.51. The molecule has 0 aromatic carbocycles. The fourth-order valence-corrected chi connectivity index (χ4v) is 1.05. The number of amides is 1. The summed E-state index contributed by atoms with van der Waals surface area (Å²) in [5.74, 6) is -0.0449. The molecule has 0 bridgehead atoms. The number of hydrogen-bond acceptors (Lipinski definition) is 3. The number of hydrogen-bond donors (Lipinski definition) is 2. The van der Waals surface area contributed by atoms with E-state index >= 15 is 0 Å². The first-order valence-electron chi connectivity index (χ1n) is 3.89. The highest BCUT2D eigenvalue weighted by atomic mass is 16.5. The molecule has 4 nitrogen and oxygen atoms in total. The molecule has 1 aliphatic heterocycles. The van der Waals surface area contributed by atoms with Crippen molar-refractivity contribution in [3.63, 3.8) is 0 Å². The molecule has 2 N–H and O–H groups in total. The quantitative estimate of drug-likeness (QED) is 0.547. The minimum Gasteiger partial charge on any atom is -0.381 e. The van der Waals surface area contributed by atoms with Crippen molar-refractivity contribution < 1.29 is 9.53 Å². The van der Waals surface area contributed by atoms with Gasteiger partial charge in [-0.25, -0.2) is 5.43 Å². The zero-order valence-electron chi connectivity index (χ0n) is 6.72. The zero-order chi connectivity index (χ0) is 8.10. The molecule has 1 saturated heterocycles. The van der Waals surface area contributed by atoms with Crippen LogP contribution in [-0.2, 0) is 9.53 Å². The molecule has 1 amide bonds. The lowest BCUT2D eigenvalue weighted by Crippen LogP contribution is -2.45. The third-order valence-electron chi connectivity index (χ3n) is 1.67. The van der Waals surface area contributed by atoms with E-state index in [-0.39, 0.29) is 5.91 Å². The second kappa shape index (κ2) is 4.31. The molecule has 0 aromatic heterocycles. The monoisotopic (exact) mass is 158 g/mol. The lowest BCUT2D eigenvalue weighted by molar-refractivity contribution is -0.120. The maximum Gasteiger partial charge on any atom is 0.230 e. The van der Waals surface area contributed by atoms with Crippen LogP contribution in [0.5, 0.6) is 0 Å². The summed E-state index contributed by atoms with van der Waals surface area (Å²) in [4.78, 5) is 10.5. The molecule has 0 aliphatic carbocycles. The van der Waals surface area contributed by atoms with Gasteiger partial charge in [0.05, 0.1) is 0 Å². The maximum atomic E-state index is 10.5. The van der Waals surface area contributed by atoms with E-state index in [0.717, 1.165) is 26.1 Å². The van der Waals surface area contributed by atoms with E-state index in [9.17, 15) is 4.79 Å². The van der Waals surface area contributed by atoms with Gasteiger partial charge in [-0.2, -0.15) is 0 Å². The fraction of sp³-hybridized carbons (Fsp3) is 0.857. The topological polar surface area (TPSA) is 50.4 Å². The Balaban J connectivity index is 2.09. The molecule has 0 atom stereocenters. The Bertz CT molecular complexity index is 132. The van der Waals surface area contributed by atoms with Crippen LogP contribution in [0.3, 0.4) is 0 Å². The molecule has 0 aromatic rings. The summed E-state index contributed by atoms with van der Waals surface area (Å²) in [6.45, 7) is 3.07. The summed E-state index contributed by atoms with van der Waals surface area (Å²) < 4.78 is 5.15. The van der Waals surface area contributed by atoms with Gasteiger partial charge in [0.25, 0.3) is 0 Å². The van der Waals surface area contributed by atoms with Crippen LogP contribution in [0, 0.1) is 0 Å². The lowest BCUT2D eigenvalue weighted by Gasteiger charge is -2.22. The van der Waals surface area contributed by atoms with Crippen molar-refractivity contribution in [1.29, 1.82) is 0 Å². The Kier molecular flexibility index (Phi) is 3.32. The summed E-state index contributed by atoms with van der Waals surface area (Å²) in [6, 6.07) is 0.382. The standard InChI is InChI=1S/C7H14N2O2/c1-6(10)8-9-7-2-4-11-5-3-7/h7,9H,2-5H2,1H3,(H,8,10). The van der Waals surface area contributed by atoms with Gasteiger partial charge < -0.3 is 4.74 Å². The minimum absolute atomic E-state index is 0.0449. The van der Waals surface area contributed by atoms with E-state index < -0.39 is 0 Å². The number of nitrogens with one attached hydrogen (secondary N) is 2. The minimum atomic E-state index is -0.0449. The highest BCUT2D eigenvalue weighted by molar-refractivity contribution is 5.72. The smallest absolute Gasteiger partial charge is 0.230 e. The van der Waals surface area contributed by atoms with Gasteiger partial charge in [-0.15, -0.1) is 0 Å². The fourth-order valence-electron chi connectivity index (χ4n) is 1.05. The van der Waals surface area contributed by atoms with Crippen LogP contribution >= 0.6 is 0 Å². The van der Waals surface area contributed by atoms with Crippen molar-refractivity contribution in [2.24, 2.45) is 0 Å². The normalized spacial score (nSPS) is 19.7. The lowest BCUT2D eigenvalue weighted by atomic mass is 10.1. The van der Waals surface area contributed by atoms with Crippen molar-refractivity contribution in [1.82, 2.24) is 10.9 Å². The second-order valence-corrected chi connectivity index (χ2v) is 2.71. The molecule has 11 heavy (non-hydrogen) atoms. The Morgan fingerprint density at radius 1 is 1.45 bits per heavy atom. The van der Waals surface area contributed by atoms with Gasteiger partial charge in [-0.3, -0.25) is 10.2 Å². The first-order chi connectivity index (χ1) is 5.29. The van der Waals surface area contributed by atoms with E-state index in [0.29, 0.717) is 6.04 Å². The molecule has 4 heteroatoms. The van der Waals surface area contributed by atoms with Crippen molar-refractivity contribution in [3.8, 4) is 0 Å². The SMILES string of the molecule is CC(=O)NNC1CCOCC1. The average Bonchev–Trinajstić information content (AvgIpc) is 2.03. The highest BCUT2D eigenvalue weighted by Crippen LogP contribution is 2.04. The highest BCUT2D eigenvalue weighted by Gasteiger charge is 2.12. The largest absolute Gasteiger partial charge is 0.381 e.